The van der Waals surface area contributed by atoms with Crippen molar-refractivity contribution in [2.45, 2.75) is 45.1 Å². The summed E-state index contributed by atoms with van der Waals surface area (Å²) in [4.78, 5) is 26.2. The molecule has 0 fully saturated rings. The molecule has 0 bridgehead atoms. The third-order valence-corrected chi connectivity index (χ3v) is 3.82. The van der Waals surface area contributed by atoms with Gasteiger partial charge in [-0.3, -0.25) is 14.5 Å². The molecule has 4 nitrogen and oxygen atoms in total. The van der Waals surface area contributed by atoms with Crippen molar-refractivity contribution < 1.29 is 14.7 Å². The average molecular weight is 299 g/mol. The number of carbonyl (C=O) groups excluding carboxylic acids is 2. The molecule has 2 rings (SSSR count). The Kier molecular flexibility index (Phi) is 5.74. The number of amides is 2. The molecule has 1 N–H and O–H groups in total. The Morgan fingerprint density at radius 2 is 1.73 bits per heavy atom. The molecule has 0 saturated heterocycles. The molecule has 22 heavy (non-hydrogen) atoms. The Balaban J connectivity index is 2.18. The van der Waals surface area contributed by atoms with Crippen molar-refractivity contribution in [3.63, 3.8) is 0 Å². The quantitative estimate of drug-likeness (QED) is 0.499. The van der Waals surface area contributed by atoms with Crippen molar-refractivity contribution in [3.05, 3.63) is 35.4 Å². The first-order valence-corrected chi connectivity index (χ1v) is 7.76. The summed E-state index contributed by atoms with van der Waals surface area (Å²) in [6.45, 7) is 1.86. The zero-order chi connectivity index (χ0) is 15.9. The molecule has 4 heteroatoms. The van der Waals surface area contributed by atoms with Crippen molar-refractivity contribution in [1.29, 1.82) is 0 Å². The van der Waals surface area contributed by atoms with Crippen LogP contribution in [0.2, 0.25) is 0 Å². The van der Waals surface area contributed by atoms with Crippen LogP contribution in [0.1, 0.15) is 59.7 Å². The van der Waals surface area contributed by atoms with Crippen LogP contribution in [0.4, 0.5) is 0 Å². The first kappa shape index (κ1) is 16.3. The lowest BCUT2D eigenvalue weighted by Crippen LogP contribution is -2.39. The highest BCUT2D eigenvalue weighted by Gasteiger charge is 2.38. The number of benzene rings is 1. The normalized spacial score (nSPS) is 14.5. The van der Waals surface area contributed by atoms with Crippen LogP contribution in [-0.2, 0) is 0 Å². The predicted octanol–water partition coefficient (Wildman–Crippen LogP) is 2.62. The molecule has 1 aromatic carbocycles. The van der Waals surface area contributed by atoms with Crippen LogP contribution >= 0.6 is 0 Å². The molecular formula is C18H21NO3. The van der Waals surface area contributed by atoms with Gasteiger partial charge in [0.1, 0.15) is 12.6 Å². The number of fused-ring (bicyclic) bond motifs is 1. The Morgan fingerprint density at radius 3 is 2.27 bits per heavy atom. The van der Waals surface area contributed by atoms with E-state index in [1.54, 1.807) is 24.3 Å². The molecule has 1 aromatic rings. The highest BCUT2D eigenvalue weighted by molar-refractivity contribution is 6.21. The van der Waals surface area contributed by atoms with E-state index in [0.717, 1.165) is 25.7 Å². The zero-order valence-electron chi connectivity index (χ0n) is 12.8. The van der Waals surface area contributed by atoms with Crippen LogP contribution in [-0.4, -0.2) is 34.5 Å². The minimum Gasteiger partial charge on any atom is -0.384 e. The fourth-order valence-electron chi connectivity index (χ4n) is 2.68. The highest BCUT2D eigenvalue weighted by Crippen LogP contribution is 2.26. The largest absolute Gasteiger partial charge is 0.384 e. The highest BCUT2D eigenvalue weighted by atomic mass is 16.2. The smallest absolute Gasteiger partial charge is 0.262 e. The van der Waals surface area contributed by atoms with Gasteiger partial charge in [-0.25, -0.2) is 0 Å². The lowest BCUT2D eigenvalue weighted by atomic mass is 10.1. The monoisotopic (exact) mass is 299 g/mol. The third kappa shape index (κ3) is 3.37. The number of hydrogen-bond donors (Lipinski definition) is 1. The van der Waals surface area contributed by atoms with Crippen molar-refractivity contribution in [2.75, 3.05) is 6.61 Å². The lowest BCUT2D eigenvalue weighted by molar-refractivity contribution is 0.0613. The molecular weight excluding hydrogens is 278 g/mol. The second-order valence-corrected chi connectivity index (χ2v) is 5.37. The molecule has 1 aliphatic heterocycles. The van der Waals surface area contributed by atoms with Gasteiger partial charge >= 0.3 is 0 Å². The Hall–Kier alpha value is -2.12. The maximum absolute atomic E-state index is 12.5. The zero-order valence-corrected chi connectivity index (χ0v) is 12.8. The molecule has 0 spiro atoms. The summed E-state index contributed by atoms with van der Waals surface area (Å²) in [5.74, 6) is 4.89. The van der Waals surface area contributed by atoms with E-state index in [0.29, 0.717) is 17.5 Å². The van der Waals surface area contributed by atoms with Crippen molar-refractivity contribution in [3.8, 4) is 11.8 Å². The molecule has 1 atom stereocenters. The maximum Gasteiger partial charge on any atom is 0.262 e. The van der Waals surface area contributed by atoms with Gasteiger partial charge in [0.25, 0.3) is 11.8 Å². The summed E-state index contributed by atoms with van der Waals surface area (Å²) in [6.07, 6.45) is 4.86. The Labute approximate surface area is 131 Å². The molecule has 1 aliphatic rings. The summed E-state index contributed by atoms with van der Waals surface area (Å²) < 4.78 is 0. The van der Waals surface area contributed by atoms with Crippen LogP contribution < -0.4 is 0 Å². The van der Waals surface area contributed by atoms with Gasteiger partial charge in [-0.15, -0.1) is 0 Å². The fraction of sp³-hybridized carbons (Fsp3) is 0.444. The average Bonchev–Trinajstić information content (AvgIpc) is 2.79. The Bertz CT molecular complexity index is 577. The van der Waals surface area contributed by atoms with Gasteiger partial charge in [-0.2, -0.15) is 0 Å². The van der Waals surface area contributed by atoms with Crippen molar-refractivity contribution >= 4 is 11.8 Å². The summed E-state index contributed by atoms with van der Waals surface area (Å²) in [5.41, 5.74) is 0.883. The van der Waals surface area contributed by atoms with Crippen LogP contribution in [0.3, 0.4) is 0 Å². The standard InChI is InChI=1S/C18H21NO3/c1-2-3-4-5-9-14(10-8-13-20)19-17(21)15-11-6-7-12-16(15)18(19)22/h6-7,11-12,14,20H,2-5,9,13H2,1H3. The summed E-state index contributed by atoms with van der Waals surface area (Å²) in [7, 11) is 0. The SMILES string of the molecule is CCCCCCC(C#CCO)N1C(=O)c2ccccc2C1=O. The third-order valence-electron chi connectivity index (χ3n) is 3.82. The molecule has 0 saturated carbocycles. The van der Waals surface area contributed by atoms with Crippen molar-refractivity contribution in [1.82, 2.24) is 4.90 Å². The molecule has 1 heterocycles. The van der Waals surface area contributed by atoms with Crippen LogP contribution in [0.5, 0.6) is 0 Å². The summed E-state index contributed by atoms with van der Waals surface area (Å²) in [5, 5.41) is 8.91. The minimum atomic E-state index is -0.462. The van der Waals surface area contributed by atoms with Gasteiger partial charge in [0.05, 0.1) is 11.1 Å². The molecule has 2 amide bonds. The van der Waals surface area contributed by atoms with Gasteiger partial charge in [-0.05, 0) is 18.6 Å². The van der Waals surface area contributed by atoms with Crippen molar-refractivity contribution in [2.24, 2.45) is 0 Å². The summed E-state index contributed by atoms with van der Waals surface area (Å²) in [6, 6.07) is 6.38. The van der Waals surface area contributed by atoms with E-state index in [2.05, 4.69) is 18.8 Å². The van der Waals surface area contributed by atoms with Gasteiger partial charge in [0, 0.05) is 0 Å². The van der Waals surface area contributed by atoms with E-state index in [9.17, 15) is 9.59 Å². The molecule has 0 aliphatic carbocycles. The first-order valence-electron chi connectivity index (χ1n) is 7.76. The number of rotatable bonds is 6. The molecule has 0 aromatic heterocycles. The number of imide groups is 1. The van der Waals surface area contributed by atoms with E-state index in [-0.39, 0.29) is 18.4 Å². The van der Waals surface area contributed by atoms with E-state index in [4.69, 9.17) is 5.11 Å². The fourth-order valence-corrected chi connectivity index (χ4v) is 2.68. The second kappa shape index (κ2) is 7.77. The molecule has 116 valence electrons. The van der Waals surface area contributed by atoms with Gasteiger partial charge in [-0.1, -0.05) is 56.6 Å². The molecule has 1 unspecified atom stereocenters. The Morgan fingerprint density at radius 1 is 1.09 bits per heavy atom. The number of aliphatic hydroxyl groups excluding tert-OH is 1. The van der Waals surface area contributed by atoms with E-state index >= 15 is 0 Å². The number of aliphatic hydroxyl groups is 1. The predicted molar refractivity (Wildman–Crippen MR) is 84.4 cm³/mol. The summed E-state index contributed by atoms with van der Waals surface area (Å²) >= 11 is 0. The van der Waals surface area contributed by atoms with E-state index < -0.39 is 6.04 Å². The second-order valence-electron chi connectivity index (χ2n) is 5.37. The van der Waals surface area contributed by atoms with Crippen LogP contribution in [0.15, 0.2) is 24.3 Å². The van der Waals surface area contributed by atoms with E-state index in [1.807, 2.05) is 0 Å². The number of nitrogens with zero attached hydrogens (tertiary/aromatic N) is 1. The number of unbranched alkanes of at least 4 members (excludes halogenated alkanes) is 3. The van der Waals surface area contributed by atoms with Crippen LogP contribution in [0, 0.1) is 11.8 Å². The lowest BCUT2D eigenvalue weighted by Gasteiger charge is -2.21. The minimum absolute atomic E-state index is 0.269. The topological polar surface area (TPSA) is 57.6 Å². The van der Waals surface area contributed by atoms with Crippen LogP contribution in [0.25, 0.3) is 0 Å². The number of hydrogen-bond acceptors (Lipinski definition) is 3. The molecule has 0 radical (unpaired) electrons. The maximum atomic E-state index is 12.5. The van der Waals surface area contributed by atoms with Gasteiger partial charge < -0.3 is 5.11 Å². The number of carbonyl (C=O) groups is 2. The van der Waals surface area contributed by atoms with E-state index in [1.165, 1.54) is 4.90 Å². The van der Waals surface area contributed by atoms with Gasteiger partial charge in [0.2, 0.25) is 0 Å². The van der Waals surface area contributed by atoms with Gasteiger partial charge in [0.15, 0.2) is 0 Å². The first-order chi connectivity index (χ1) is 10.7.